The number of likely N-dealkylation sites (tertiary alicyclic amines) is 1. The maximum atomic E-state index is 14.6. The Morgan fingerprint density at radius 2 is 1.71 bits per heavy atom. The number of halogens is 1. The molecule has 59 heavy (non-hydrogen) atoms. The number of likely N-dealkylation sites (N-methyl/N-ethyl adjacent to an activating group) is 1. The quantitative estimate of drug-likeness (QED) is 0.113. The average Bonchev–Trinajstić information content (AvgIpc) is 3.66. The maximum absolute atomic E-state index is 14.6. The van der Waals surface area contributed by atoms with Gasteiger partial charge in [-0.3, -0.25) is 34.3 Å². The van der Waals surface area contributed by atoms with Crippen LogP contribution in [0.2, 0.25) is 0 Å². The molecule has 0 saturated carbocycles. The fraction of sp³-hybridized carbons (Fsp3) is 0.500. The first-order valence-corrected chi connectivity index (χ1v) is 21.0. The number of hydrogen-bond donors (Lipinski definition) is 3. The van der Waals surface area contributed by atoms with Crippen molar-refractivity contribution in [1.29, 1.82) is 0 Å². The van der Waals surface area contributed by atoms with Crippen molar-refractivity contribution in [2.45, 2.75) is 70.0 Å². The number of nitrogens with zero attached hydrogens (tertiary/aromatic N) is 7. The monoisotopic (exact) mass is 808 g/mol. The van der Waals surface area contributed by atoms with Gasteiger partial charge in [-0.2, -0.15) is 4.68 Å². The number of anilines is 2. The Bertz CT molecular complexity index is 2150. The van der Waals surface area contributed by atoms with Crippen LogP contribution in [0.15, 0.2) is 65.5 Å². The fourth-order valence-corrected chi connectivity index (χ4v) is 8.67. The number of rotatable bonds is 16. The van der Waals surface area contributed by atoms with E-state index in [0.29, 0.717) is 36.3 Å². The lowest BCUT2D eigenvalue weighted by Gasteiger charge is -2.36. The zero-order valence-electron chi connectivity index (χ0n) is 34.5. The molecule has 2 unspecified atom stereocenters. The van der Waals surface area contributed by atoms with Gasteiger partial charge in [0.2, 0.25) is 11.8 Å². The molecule has 3 aliphatic heterocycles. The van der Waals surface area contributed by atoms with E-state index >= 15 is 0 Å². The van der Waals surface area contributed by atoms with Gasteiger partial charge >= 0.3 is 0 Å². The number of carbonyl (C=O) groups excluding carboxylic acids is 3. The number of piperidine rings is 1. The molecule has 3 aromatic carbocycles. The van der Waals surface area contributed by atoms with Gasteiger partial charge in [-0.05, 0) is 94.4 Å². The van der Waals surface area contributed by atoms with E-state index in [1.165, 1.54) is 11.3 Å². The van der Waals surface area contributed by atoms with Gasteiger partial charge < -0.3 is 20.4 Å². The second-order valence-electron chi connectivity index (χ2n) is 16.4. The molecule has 15 heteroatoms. The SMILES string of the molecule is Cc1cccc(F)c1CN1CC(c2ccc(N3CCN(CCCCCCNC(=O)CNc4ccc5nnn(C6CCC(=O)NC6=O)c(=O)c5c4)CC3)cc2)[C@@H](N(C)C)C1. The first-order chi connectivity index (χ1) is 28.5. The van der Waals surface area contributed by atoms with Crippen LogP contribution in [0.1, 0.15) is 67.2 Å². The van der Waals surface area contributed by atoms with Crippen LogP contribution in [0.4, 0.5) is 15.8 Å². The zero-order chi connectivity index (χ0) is 41.5. The van der Waals surface area contributed by atoms with Gasteiger partial charge in [0, 0.05) is 87.7 Å². The Hall–Kier alpha value is -5.25. The summed E-state index contributed by atoms with van der Waals surface area (Å²) in [6, 6.07) is 18.9. The van der Waals surface area contributed by atoms with Gasteiger partial charge in [0.15, 0.2) is 0 Å². The number of benzene rings is 3. The summed E-state index contributed by atoms with van der Waals surface area (Å²) in [5.74, 6) is -0.830. The van der Waals surface area contributed by atoms with Gasteiger partial charge in [-0.1, -0.05) is 42.3 Å². The lowest BCUT2D eigenvalue weighted by atomic mass is 9.93. The molecule has 0 bridgehead atoms. The van der Waals surface area contributed by atoms with E-state index in [4.69, 9.17) is 0 Å². The number of piperazine rings is 1. The molecule has 314 valence electrons. The van der Waals surface area contributed by atoms with Crippen LogP contribution in [0.5, 0.6) is 0 Å². The van der Waals surface area contributed by atoms with Crippen molar-refractivity contribution in [2.24, 2.45) is 0 Å². The summed E-state index contributed by atoms with van der Waals surface area (Å²) in [5.41, 5.74) is 4.89. The van der Waals surface area contributed by atoms with Gasteiger partial charge in [-0.15, -0.1) is 5.10 Å². The van der Waals surface area contributed by atoms with Crippen molar-refractivity contribution in [3.05, 3.63) is 93.5 Å². The number of aryl methyl sites for hydroxylation is 1. The molecular formula is C44H57FN10O4. The van der Waals surface area contributed by atoms with E-state index in [2.05, 4.69) is 84.2 Å². The number of fused-ring (bicyclic) bond motifs is 1. The molecule has 3 atom stereocenters. The molecule has 3 saturated heterocycles. The van der Waals surface area contributed by atoms with Crippen LogP contribution >= 0.6 is 0 Å². The molecule has 0 radical (unpaired) electrons. The zero-order valence-corrected chi connectivity index (χ0v) is 34.5. The molecule has 7 rings (SSSR count). The van der Waals surface area contributed by atoms with E-state index in [9.17, 15) is 23.6 Å². The molecule has 3 fully saturated rings. The maximum Gasteiger partial charge on any atom is 0.278 e. The van der Waals surface area contributed by atoms with Crippen LogP contribution in [-0.2, 0) is 20.9 Å². The summed E-state index contributed by atoms with van der Waals surface area (Å²) >= 11 is 0. The lowest BCUT2D eigenvalue weighted by molar-refractivity contribution is -0.136. The normalized spacial score (nSPS) is 20.4. The fourth-order valence-electron chi connectivity index (χ4n) is 8.67. The number of amides is 3. The third-order valence-corrected chi connectivity index (χ3v) is 12.2. The number of nitrogens with one attached hydrogen (secondary N) is 3. The highest BCUT2D eigenvalue weighted by atomic mass is 19.1. The van der Waals surface area contributed by atoms with Crippen molar-refractivity contribution in [3.63, 3.8) is 0 Å². The van der Waals surface area contributed by atoms with E-state index < -0.39 is 17.5 Å². The molecule has 3 amide bonds. The molecule has 14 nitrogen and oxygen atoms in total. The molecule has 3 aliphatic rings. The summed E-state index contributed by atoms with van der Waals surface area (Å²) in [7, 11) is 4.29. The predicted octanol–water partition coefficient (Wildman–Crippen LogP) is 3.66. The van der Waals surface area contributed by atoms with Crippen molar-refractivity contribution >= 4 is 40.0 Å². The van der Waals surface area contributed by atoms with Gasteiger partial charge in [0.05, 0.1) is 11.9 Å². The minimum Gasteiger partial charge on any atom is -0.376 e. The van der Waals surface area contributed by atoms with E-state index in [1.54, 1.807) is 30.3 Å². The first-order valence-electron chi connectivity index (χ1n) is 21.0. The number of hydrogen-bond acceptors (Lipinski definition) is 11. The van der Waals surface area contributed by atoms with Gasteiger partial charge in [0.25, 0.3) is 11.5 Å². The highest BCUT2D eigenvalue weighted by Gasteiger charge is 2.36. The van der Waals surface area contributed by atoms with Crippen LogP contribution in [0.25, 0.3) is 10.9 Å². The van der Waals surface area contributed by atoms with Crippen LogP contribution in [-0.4, -0.2) is 126 Å². The molecule has 4 aromatic rings. The number of imide groups is 1. The standard InChI is InChI=1S/C44H57FN10O4/c1-30-9-8-10-37(45)35(30)27-53-28-36(40(29-53)51(2)3)31-11-14-33(15-12-31)54-23-21-52(22-24-54)20-7-5-4-6-19-46-42(57)26-47-32-13-16-38-34(25-32)44(59)55(50-49-38)39-17-18-41(56)48-43(39)58/h8-16,25,36,39-40,47H,4-7,17-24,26-29H2,1-3H3,(H,46,57)(H,48,56,58)/t36?,39?,40-/m0/s1. The smallest absolute Gasteiger partial charge is 0.278 e. The summed E-state index contributed by atoms with van der Waals surface area (Å²) < 4.78 is 15.7. The van der Waals surface area contributed by atoms with Crippen molar-refractivity contribution in [2.75, 3.05) is 83.2 Å². The lowest BCUT2D eigenvalue weighted by Crippen LogP contribution is -2.46. The second kappa shape index (κ2) is 19.2. The minimum absolute atomic E-state index is 0.0515. The molecular weight excluding hydrogens is 752 g/mol. The Morgan fingerprint density at radius 3 is 2.46 bits per heavy atom. The Kier molecular flexibility index (Phi) is 13.6. The highest BCUT2D eigenvalue weighted by molar-refractivity contribution is 5.99. The van der Waals surface area contributed by atoms with Crippen molar-refractivity contribution in [3.8, 4) is 0 Å². The Balaban J connectivity index is 0.773. The molecule has 3 N–H and O–H groups in total. The number of unbranched alkanes of at least 4 members (excludes halogenated alkanes) is 3. The second-order valence-corrected chi connectivity index (χ2v) is 16.4. The van der Waals surface area contributed by atoms with Gasteiger partial charge in [0.1, 0.15) is 17.4 Å². The van der Waals surface area contributed by atoms with E-state index in [1.807, 2.05) is 13.0 Å². The number of aromatic nitrogens is 3. The van der Waals surface area contributed by atoms with Crippen LogP contribution in [0, 0.1) is 12.7 Å². The highest BCUT2D eigenvalue weighted by Crippen LogP contribution is 2.33. The Morgan fingerprint density at radius 1 is 0.932 bits per heavy atom. The van der Waals surface area contributed by atoms with Gasteiger partial charge in [-0.25, -0.2) is 4.39 Å². The average molecular weight is 809 g/mol. The summed E-state index contributed by atoms with van der Waals surface area (Å²) in [6.07, 6.45) is 4.49. The first kappa shape index (κ1) is 41.9. The van der Waals surface area contributed by atoms with Crippen LogP contribution in [0.3, 0.4) is 0 Å². The van der Waals surface area contributed by atoms with Crippen molar-refractivity contribution in [1.82, 2.24) is 40.3 Å². The summed E-state index contributed by atoms with van der Waals surface area (Å²) in [4.78, 5) is 59.2. The van der Waals surface area contributed by atoms with Crippen LogP contribution < -0.4 is 26.4 Å². The van der Waals surface area contributed by atoms with Crippen molar-refractivity contribution < 1.29 is 18.8 Å². The third-order valence-electron chi connectivity index (χ3n) is 12.2. The minimum atomic E-state index is -0.899. The summed E-state index contributed by atoms with van der Waals surface area (Å²) in [5, 5.41) is 16.5. The van der Waals surface area contributed by atoms with E-state index in [-0.39, 0.29) is 42.4 Å². The van der Waals surface area contributed by atoms with E-state index in [0.717, 1.165) is 87.3 Å². The summed E-state index contributed by atoms with van der Waals surface area (Å²) in [6.45, 7) is 10.3. The molecule has 0 spiro atoms. The molecule has 0 aliphatic carbocycles. The predicted molar refractivity (Wildman–Crippen MR) is 227 cm³/mol. The largest absolute Gasteiger partial charge is 0.376 e. The third kappa shape index (κ3) is 10.3. The molecule has 1 aromatic heterocycles. The molecule has 4 heterocycles. The topological polar surface area (TPSA) is 148 Å². The number of carbonyl (C=O) groups is 3. The Labute approximate surface area is 345 Å².